The van der Waals surface area contributed by atoms with Gasteiger partial charge in [0, 0.05) is 53.9 Å². The van der Waals surface area contributed by atoms with E-state index in [4.69, 9.17) is 23.9 Å². The highest BCUT2D eigenvalue weighted by molar-refractivity contribution is 6.76. The van der Waals surface area contributed by atoms with Crippen molar-refractivity contribution in [2.75, 3.05) is 68.9 Å². The van der Waals surface area contributed by atoms with E-state index in [0.29, 0.717) is 70.2 Å². The summed E-state index contributed by atoms with van der Waals surface area (Å²) in [6, 6.07) is 11.2. The number of nitrogens with zero attached hydrogens (tertiary/aromatic N) is 8. The third-order valence-electron chi connectivity index (χ3n) is 8.41. The molecule has 0 spiro atoms. The molecule has 0 aliphatic carbocycles. The second kappa shape index (κ2) is 14.7. The van der Waals surface area contributed by atoms with Gasteiger partial charge in [-0.15, -0.1) is 0 Å². The van der Waals surface area contributed by atoms with Crippen molar-refractivity contribution in [2.24, 2.45) is 0 Å². The molecule has 1 amide bonds. The number of hydrogen-bond acceptors (Lipinski definition) is 11. The van der Waals surface area contributed by atoms with Crippen LogP contribution < -0.4 is 14.5 Å². The summed E-state index contributed by atoms with van der Waals surface area (Å²) in [7, 11) is -1.23. The van der Waals surface area contributed by atoms with E-state index >= 15 is 0 Å². The molecule has 5 heterocycles. The molecular formula is C35H48N8O5Si. The summed E-state index contributed by atoms with van der Waals surface area (Å²) < 4.78 is 25.6. The predicted octanol–water partition coefficient (Wildman–Crippen LogP) is 5.89. The lowest BCUT2D eigenvalue weighted by Crippen LogP contribution is -2.50. The third-order valence-corrected chi connectivity index (χ3v) is 10.1. The van der Waals surface area contributed by atoms with Gasteiger partial charge in [0.2, 0.25) is 5.95 Å². The number of aromatic nitrogens is 5. The average molecular weight is 689 g/mol. The highest BCUT2D eigenvalue weighted by atomic mass is 28.3. The van der Waals surface area contributed by atoms with Crippen LogP contribution in [0.5, 0.6) is 11.5 Å². The number of benzene rings is 1. The first-order valence-corrected chi connectivity index (χ1v) is 20.7. The van der Waals surface area contributed by atoms with Gasteiger partial charge in [0.15, 0.2) is 5.75 Å². The van der Waals surface area contributed by atoms with E-state index in [1.54, 1.807) is 23.6 Å². The smallest absolute Gasteiger partial charge is 0.410 e. The summed E-state index contributed by atoms with van der Waals surface area (Å²) in [6.07, 6.45) is 4.71. The zero-order chi connectivity index (χ0) is 34.6. The summed E-state index contributed by atoms with van der Waals surface area (Å²) in [4.78, 5) is 36.9. The van der Waals surface area contributed by atoms with Gasteiger partial charge >= 0.3 is 6.09 Å². The van der Waals surface area contributed by atoms with Crippen molar-refractivity contribution in [3.8, 4) is 22.8 Å². The monoisotopic (exact) mass is 688 g/mol. The van der Waals surface area contributed by atoms with Crippen LogP contribution in [0.25, 0.3) is 22.3 Å². The molecule has 0 atom stereocenters. The summed E-state index contributed by atoms with van der Waals surface area (Å²) in [5, 5.41) is 0.997. The van der Waals surface area contributed by atoms with E-state index in [2.05, 4.69) is 55.0 Å². The maximum Gasteiger partial charge on any atom is 0.410 e. The first kappa shape index (κ1) is 34.6. The number of rotatable bonds is 10. The fourth-order valence-corrected chi connectivity index (χ4v) is 6.51. The Hall–Kier alpha value is -4.27. The maximum atomic E-state index is 12.4. The first-order chi connectivity index (χ1) is 23.4. The zero-order valence-electron chi connectivity index (χ0n) is 29.5. The lowest BCUT2D eigenvalue weighted by Gasteiger charge is -2.35. The molecule has 262 valence electrons. The molecule has 3 aromatic heterocycles. The molecule has 1 aromatic carbocycles. The van der Waals surface area contributed by atoms with Crippen molar-refractivity contribution in [1.82, 2.24) is 29.4 Å². The largest absolute Gasteiger partial charge is 0.454 e. The van der Waals surface area contributed by atoms with Gasteiger partial charge in [0.05, 0.1) is 36.7 Å². The number of carbonyl (C=O) groups excluding carboxylic acids is 1. The lowest BCUT2D eigenvalue weighted by atomic mass is 10.1. The molecule has 2 aliphatic rings. The summed E-state index contributed by atoms with van der Waals surface area (Å²) in [5.74, 6) is 2.74. The van der Waals surface area contributed by atoms with Crippen LogP contribution in [0, 0.1) is 0 Å². The van der Waals surface area contributed by atoms with Gasteiger partial charge < -0.3 is 38.2 Å². The van der Waals surface area contributed by atoms with Crippen molar-refractivity contribution < 1.29 is 23.7 Å². The van der Waals surface area contributed by atoms with Crippen LogP contribution >= 0.6 is 0 Å². The van der Waals surface area contributed by atoms with Gasteiger partial charge in [-0.25, -0.2) is 24.7 Å². The van der Waals surface area contributed by atoms with Crippen LogP contribution in [0.15, 0.2) is 49.1 Å². The number of ether oxygens (including phenoxy) is 4. The highest BCUT2D eigenvalue weighted by Gasteiger charge is 2.27. The maximum absolute atomic E-state index is 12.4. The minimum Gasteiger partial charge on any atom is -0.454 e. The molecule has 0 unspecified atom stereocenters. The van der Waals surface area contributed by atoms with Gasteiger partial charge in [-0.1, -0.05) is 19.6 Å². The number of morpholine rings is 1. The van der Waals surface area contributed by atoms with Gasteiger partial charge in [0.1, 0.15) is 35.9 Å². The molecular weight excluding hydrogens is 641 g/mol. The van der Waals surface area contributed by atoms with Gasteiger partial charge in [-0.05, 0) is 62.7 Å². The highest BCUT2D eigenvalue weighted by Crippen LogP contribution is 2.34. The van der Waals surface area contributed by atoms with Gasteiger partial charge in [-0.2, -0.15) is 0 Å². The van der Waals surface area contributed by atoms with Crippen LogP contribution in [-0.4, -0.2) is 108 Å². The minimum absolute atomic E-state index is 0.290. The Kier molecular flexibility index (Phi) is 10.4. The molecule has 0 N–H and O–H groups in total. The fourth-order valence-electron chi connectivity index (χ4n) is 5.75. The normalized spacial score (nSPS) is 15.9. The molecule has 0 saturated carbocycles. The molecule has 2 aliphatic heterocycles. The molecule has 0 bridgehead atoms. The third kappa shape index (κ3) is 8.85. The molecule has 13 nitrogen and oxygen atoms in total. The molecule has 4 aromatic rings. The van der Waals surface area contributed by atoms with Crippen LogP contribution in [0.4, 0.5) is 16.6 Å². The van der Waals surface area contributed by atoms with E-state index in [9.17, 15) is 4.79 Å². The molecule has 49 heavy (non-hydrogen) atoms. The Morgan fingerprint density at radius 1 is 0.878 bits per heavy atom. The Balaban J connectivity index is 1.14. The Labute approximate surface area is 289 Å². The Bertz CT molecular complexity index is 1710. The lowest BCUT2D eigenvalue weighted by molar-refractivity contribution is 0.0240. The second-order valence-corrected chi connectivity index (χ2v) is 20.3. The second-order valence-electron chi connectivity index (χ2n) is 14.6. The molecule has 6 rings (SSSR count). The standard InChI is InChI=1S/C35H48N8O5Si/c1-35(2,3)48-34(44)42-13-11-41(12-14-42)33-36-22-28(23-37-33)47-27-9-7-26(8-10-27)30-21-29-31(40-15-17-45-18-16-40)38-24-39-32(29)43(30)25-46-19-20-49(4,5)6/h7-10,21-24H,11-20,25H2,1-6H3. The van der Waals surface area contributed by atoms with Crippen LogP contribution in [-0.2, 0) is 20.9 Å². The summed E-state index contributed by atoms with van der Waals surface area (Å²) in [6.45, 7) is 19.1. The van der Waals surface area contributed by atoms with E-state index in [0.717, 1.165) is 47.2 Å². The van der Waals surface area contributed by atoms with Crippen molar-refractivity contribution in [3.63, 3.8) is 0 Å². The average Bonchev–Trinajstić information content (AvgIpc) is 3.45. The molecule has 2 saturated heterocycles. The minimum atomic E-state index is -1.23. The number of carbonyl (C=O) groups is 1. The predicted molar refractivity (Wildman–Crippen MR) is 192 cm³/mol. The SMILES string of the molecule is CC(C)(C)OC(=O)N1CCN(c2ncc(Oc3ccc(-c4cc5c(N6CCOCC6)ncnc5n4COCC[Si](C)(C)C)cc3)cn2)CC1. The fraction of sp³-hybridized carbons (Fsp3) is 0.514. The zero-order valence-corrected chi connectivity index (χ0v) is 30.5. The number of piperazine rings is 1. The van der Waals surface area contributed by atoms with Crippen molar-refractivity contribution in [2.45, 2.75) is 58.8 Å². The number of amides is 1. The van der Waals surface area contributed by atoms with Crippen molar-refractivity contribution >= 4 is 37.0 Å². The van der Waals surface area contributed by atoms with E-state index in [-0.39, 0.29) is 6.09 Å². The summed E-state index contributed by atoms with van der Waals surface area (Å²) >= 11 is 0. The molecule has 0 radical (unpaired) electrons. The van der Waals surface area contributed by atoms with E-state index in [1.165, 1.54) is 0 Å². The van der Waals surface area contributed by atoms with Crippen LogP contribution in [0.3, 0.4) is 0 Å². The van der Waals surface area contributed by atoms with Gasteiger partial charge in [0.25, 0.3) is 0 Å². The van der Waals surface area contributed by atoms with Crippen molar-refractivity contribution in [1.29, 1.82) is 0 Å². The molecule has 2 fully saturated rings. The van der Waals surface area contributed by atoms with Gasteiger partial charge in [-0.3, -0.25) is 0 Å². The Morgan fingerprint density at radius 3 is 2.22 bits per heavy atom. The van der Waals surface area contributed by atoms with Crippen LogP contribution in [0.2, 0.25) is 25.7 Å². The summed E-state index contributed by atoms with van der Waals surface area (Å²) in [5.41, 5.74) is 2.36. The first-order valence-electron chi connectivity index (χ1n) is 17.0. The number of hydrogen-bond donors (Lipinski definition) is 0. The van der Waals surface area contributed by atoms with E-state index in [1.807, 2.05) is 45.0 Å². The molecule has 14 heteroatoms. The quantitative estimate of drug-likeness (QED) is 0.147. The van der Waals surface area contributed by atoms with E-state index < -0.39 is 13.7 Å². The topological polar surface area (TPSA) is 120 Å². The number of anilines is 2. The Morgan fingerprint density at radius 2 is 1.57 bits per heavy atom. The van der Waals surface area contributed by atoms with Crippen LogP contribution in [0.1, 0.15) is 20.8 Å². The van der Waals surface area contributed by atoms with Crippen molar-refractivity contribution in [3.05, 3.63) is 49.1 Å². The number of fused-ring (bicyclic) bond motifs is 1.